The Balaban J connectivity index is 1.27. The predicted molar refractivity (Wildman–Crippen MR) is 150 cm³/mol. The zero-order valence-electron chi connectivity index (χ0n) is 22.5. The van der Waals surface area contributed by atoms with E-state index >= 15 is 0 Å². The maximum Gasteiger partial charge on any atom is 0.266 e. The fourth-order valence-electron chi connectivity index (χ4n) is 5.19. The minimum atomic E-state index is -0.611. The van der Waals surface area contributed by atoms with Gasteiger partial charge in [-0.2, -0.15) is 0 Å². The Morgan fingerprint density at radius 2 is 1.02 bits per heavy atom. The third kappa shape index (κ3) is 3.90. The molecule has 0 radical (unpaired) electrons. The zero-order valence-corrected chi connectivity index (χ0v) is 22.5. The Hall–Kier alpha value is -5.04. The molecule has 0 saturated heterocycles. The number of ether oxygens (including phenoxy) is 1. The van der Waals surface area contributed by atoms with Gasteiger partial charge in [-0.05, 0) is 78.7 Å². The lowest BCUT2D eigenvalue weighted by Crippen LogP contribution is -2.29. The summed E-state index contributed by atoms with van der Waals surface area (Å²) in [5.41, 5.74) is 4.01. The van der Waals surface area contributed by atoms with Crippen LogP contribution in [0.5, 0.6) is 11.5 Å². The smallest absolute Gasteiger partial charge is 0.266 e. The van der Waals surface area contributed by atoms with Crippen molar-refractivity contribution in [3.8, 4) is 11.5 Å². The first-order valence-corrected chi connectivity index (χ1v) is 12.9. The van der Waals surface area contributed by atoms with Gasteiger partial charge in [-0.3, -0.25) is 24.1 Å². The molecule has 40 heavy (non-hydrogen) atoms. The van der Waals surface area contributed by atoms with Crippen LogP contribution in [0.1, 0.15) is 72.0 Å². The zero-order chi connectivity index (χ0) is 28.3. The number of amides is 4. The van der Waals surface area contributed by atoms with Gasteiger partial charge in [0.25, 0.3) is 23.6 Å². The van der Waals surface area contributed by atoms with Crippen LogP contribution in [0.2, 0.25) is 0 Å². The summed E-state index contributed by atoms with van der Waals surface area (Å²) in [7, 11) is 1.47. The first kappa shape index (κ1) is 25.2. The van der Waals surface area contributed by atoms with E-state index in [-0.39, 0.29) is 17.7 Å². The third-order valence-electron chi connectivity index (χ3n) is 7.77. The van der Waals surface area contributed by atoms with Gasteiger partial charge in [-0.15, -0.1) is 0 Å². The van der Waals surface area contributed by atoms with Gasteiger partial charge in [0.2, 0.25) is 0 Å². The largest absolute Gasteiger partial charge is 0.457 e. The molecule has 2 aliphatic rings. The standard InChI is InChI=1S/C33H26N2O5/c1-19-5-11-23(12-6-19)40-24-13-9-22(10-14-24)35-31(38)26-16-8-21(18-28(26)32(35)39)33(2,3)20-7-15-25-27(17-20)30(37)34(4)29(25)36/h5-18H,1-4H3. The van der Waals surface area contributed by atoms with Gasteiger partial charge in [-0.25, -0.2) is 4.90 Å². The molecule has 4 aromatic rings. The number of fused-ring (bicyclic) bond motifs is 2. The number of benzene rings is 4. The van der Waals surface area contributed by atoms with Gasteiger partial charge >= 0.3 is 0 Å². The minimum absolute atomic E-state index is 0.319. The number of nitrogens with zero attached hydrogens (tertiary/aromatic N) is 2. The second-order valence-electron chi connectivity index (χ2n) is 10.7. The molecule has 6 rings (SSSR count). The number of hydrogen-bond acceptors (Lipinski definition) is 5. The summed E-state index contributed by atoms with van der Waals surface area (Å²) in [4.78, 5) is 53.9. The fourth-order valence-corrected chi connectivity index (χ4v) is 5.19. The maximum atomic E-state index is 13.5. The van der Waals surface area contributed by atoms with Crippen LogP contribution < -0.4 is 9.64 Å². The molecule has 0 saturated carbocycles. The lowest BCUT2D eigenvalue weighted by molar-refractivity contribution is 0.0692. The highest BCUT2D eigenvalue weighted by atomic mass is 16.5. The molecule has 0 atom stereocenters. The fraction of sp³-hybridized carbons (Fsp3) is 0.152. The molecule has 2 heterocycles. The molecule has 0 unspecified atom stereocenters. The van der Waals surface area contributed by atoms with Gasteiger partial charge in [0.15, 0.2) is 0 Å². The van der Waals surface area contributed by atoms with Crippen LogP contribution in [0.15, 0.2) is 84.9 Å². The summed E-state index contributed by atoms with van der Waals surface area (Å²) in [5.74, 6) is -0.156. The van der Waals surface area contributed by atoms with Crippen LogP contribution in [-0.4, -0.2) is 35.6 Å². The molecule has 0 fully saturated rings. The molecule has 0 aromatic heterocycles. The molecule has 0 N–H and O–H groups in total. The Kier molecular flexibility index (Phi) is 5.69. The summed E-state index contributed by atoms with van der Waals surface area (Å²) < 4.78 is 5.88. The van der Waals surface area contributed by atoms with Crippen molar-refractivity contribution in [3.63, 3.8) is 0 Å². The van der Waals surface area contributed by atoms with Crippen molar-refractivity contribution < 1.29 is 23.9 Å². The van der Waals surface area contributed by atoms with Crippen molar-refractivity contribution in [1.29, 1.82) is 0 Å². The van der Waals surface area contributed by atoms with Gasteiger partial charge in [0.1, 0.15) is 11.5 Å². The highest BCUT2D eigenvalue weighted by molar-refractivity contribution is 6.34. The molecular formula is C33H26N2O5. The van der Waals surface area contributed by atoms with E-state index in [0.717, 1.165) is 21.6 Å². The van der Waals surface area contributed by atoms with Crippen LogP contribution in [0.25, 0.3) is 0 Å². The van der Waals surface area contributed by atoms with Gasteiger partial charge in [-0.1, -0.05) is 43.7 Å². The highest BCUT2D eigenvalue weighted by Gasteiger charge is 2.39. The third-order valence-corrected chi connectivity index (χ3v) is 7.77. The van der Waals surface area contributed by atoms with Crippen molar-refractivity contribution in [1.82, 2.24) is 4.90 Å². The van der Waals surface area contributed by atoms with Gasteiger partial charge in [0.05, 0.1) is 27.9 Å². The number of aryl methyl sites for hydroxylation is 1. The molecule has 7 heteroatoms. The van der Waals surface area contributed by atoms with Crippen LogP contribution in [0.4, 0.5) is 5.69 Å². The van der Waals surface area contributed by atoms with E-state index in [0.29, 0.717) is 39.4 Å². The van der Waals surface area contributed by atoms with E-state index in [1.807, 2.05) is 57.2 Å². The van der Waals surface area contributed by atoms with E-state index in [9.17, 15) is 19.2 Å². The monoisotopic (exact) mass is 530 g/mol. The molecule has 198 valence electrons. The normalized spacial score (nSPS) is 14.6. The molecule has 7 nitrogen and oxygen atoms in total. The molecule has 0 spiro atoms. The number of carbonyl (C=O) groups is 4. The summed E-state index contributed by atoms with van der Waals surface area (Å²) in [6, 6.07) is 25.0. The Labute approximate surface area is 231 Å². The quantitative estimate of drug-likeness (QED) is 0.290. The van der Waals surface area contributed by atoms with Crippen LogP contribution in [0, 0.1) is 6.92 Å². The van der Waals surface area contributed by atoms with E-state index in [4.69, 9.17) is 4.74 Å². The van der Waals surface area contributed by atoms with Crippen molar-refractivity contribution in [3.05, 3.63) is 124 Å². The summed E-state index contributed by atoms with van der Waals surface area (Å²) in [6.45, 7) is 5.96. The molecule has 0 aliphatic carbocycles. The first-order chi connectivity index (χ1) is 19.1. The Bertz CT molecular complexity index is 1740. The maximum absolute atomic E-state index is 13.5. The summed E-state index contributed by atoms with van der Waals surface area (Å²) in [5, 5.41) is 0. The molecule has 4 amide bonds. The van der Waals surface area contributed by atoms with Crippen molar-refractivity contribution >= 4 is 29.3 Å². The second-order valence-corrected chi connectivity index (χ2v) is 10.7. The van der Waals surface area contributed by atoms with Crippen LogP contribution >= 0.6 is 0 Å². The Morgan fingerprint density at radius 3 is 1.60 bits per heavy atom. The second kappa shape index (κ2) is 9.02. The lowest BCUT2D eigenvalue weighted by Gasteiger charge is -2.27. The predicted octanol–water partition coefficient (Wildman–Crippen LogP) is 6.14. The van der Waals surface area contributed by atoms with E-state index < -0.39 is 11.3 Å². The van der Waals surface area contributed by atoms with Gasteiger partial charge < -0.3 is 4.74 Å². The van der Waals surface area contributed by atoms with Crippen LogP contribution in [-0.2, 0) is 5.41 Å². The topological polar surface area (TPSA) is 84.0 Å². The van der Waals surface area contributed by atoms with Crippen LogP contribution in [0.3, 0.4) is 0 Å². The van der Waals surface area contributed by atoms with Crippen molar-refractivity contribution in [2.24, 2.45) is 0 Å². The number of anilines is 1. The van der Waals surface area contributed by atoms with E-state index in [2.05, 4.69) is 0 Å². The number of carbonyl (C=O) groups excluding carboxylic acids is 4. The first-order valence-electron chi connectivity index (χ1n) is 12.9. The summed E-state index contributed by atoms with van der Waals surface area (Å²) >= 11 is 0. The number of rotatable bonds is 5. The molecule has 2 aliphatic heterocycles. The Morgan fingerprint density at radius 1 is 0.575 bits per heavy atom. The molecule has 0 bridgehead atoms. The molecular weight excluding hydrogens is 504 g/mol. The van der Waals surface area contributed by atoms with Crippen molar-refractivity contribution in [2.75, 3.05) is 11.9 Å². The number of imide groups is 2. The van der Waals surface area contributed by atoms with Crippen molar-refractivity contribution in [2.45, 2.75) is 26.2 Å². The van der Waals surface area contributed by atoms with E-state index in [1.165, 1.54) is 11.9 Å². The highest BCUT2D eigenvalue weighted by Crippen LogP contribution is 2.38. The average molecular weight is 531 g/mol. The van der Waals surface area contributed by atoms with Gasteiger partial charge in [0, 0.05) is 12.5 Å². The number of hydrogen-bond donors (Lipinski definition) is 0. The van der Waals surface area contributed by atoms with E-state index in [1.54, 1.807) is 48.5 Å². The molecule has 4 aromatic carbocycles. The minimum Gasteiger partial charge on any atom is -0.457 e. The SMILES string of the molecule is Cc1ccc(Oc2ccc(N3C(=O)c4ccc(C(C)(C)c5ccc6c(c5)C(=O)N(C)C6=O)cc4C3=O)cc2)cc1. The average Bonchev–Trinajstić information content (AvgIpc) is 3.34. The lowest BCUT2D eigenvalue weighted by atomic mass is 9.76. The summed E-state index contributed by atoms with van der Waals surface area (Å²) in [6.07, 6.45) is 0.